The molecule has 0 aliphatic heterocycles. The summed E-state index contributed by atoms with van der Waals surface area (Å²) in [5.74, 6) is 0.414. The Balaban J connectivity index is 1.61. The fraction of sp³-hybridized carbons (Fsp3) is 0.550. The zero-order valence-corrected chi connectivity index (χ0v) is 14.7. The number of amides is 1. The smallest absolute Gasteiger partial charge is 0.220 e. The standard InChI is InChI=1S/C20H30N2O2/c1-2-3-4-5-6-7-8-9-20(24)21-13-12-16-15-22-19-11-10-17(23)14-18(16)19/h10-11,14-15,22-23H,2-9,12-13H2,1H3,(H,21,24). The second-order valence-corrected chi connectivity index (χ2v) is 6.52. The number of fused-ring (bicyclic) bond motifs is 1. The van der Waals surface area contributed by atoms with Crippen LogP contribution in [0.4, 0.5) is 0 Å². The topological polar surface area (TPSA) is 65.1 Å². The Labute approximate surface area is 144 Å². The summed E-state index contributed by atoms with van der Waals surface area (Å²) >= 11 is 0. The van der Waals surface area contributed by atoms with Crippen LogP contribution >= 0.6 is 0 Å². The predicted molar refractivity (Wildman–Crippen MR) is 99.3 cm³/mol. The molecule has 0 atom stereocenters. The Bertz CT molecular complexity index is 634. The van der Waals surface area contributed by atoms with Crippen LogP contribution in [-0.2, 0) is 11.2 Å². The average molecular weight is 330 g/mol. The van der Waals surface area contributed by atoms with E-state index in [1.807, 2.05) is 12.3 Å². The lowest BCUT2D eigenvalue weighted by atomic mass is 10.1. The third-order valence-electron chi connectivity index (χ3n) is 4.47. The van der Waals surface area contributed by atoms with Crippen LogP contribution in [0.5, 0.6) is 5.75 Å². The van der Waals surface area contributed by atoms with Gasteiger partial charge in [-0.25, -0.2) is 0 Å². The van der Waals surface area contributed by atoms with E-state index in [1.54, 1.807) is 12.1 Å². The Morgan fingerprint density at radius 3 is 2.67 bits per heavy atom. The van der Waals surface area contributed by atoms with Crippen molar-refractivity contribution >= 4 is 16.8 Å². The van der Waals surface area contributed by atoms with E-state index in [-0.39, 0.29) is 11.7 Å². The summed E-state index contributed by atoms with van der Waals surface area (Å²) in [5.41, 5.74) is 2.13. The number of rotatable bonds is 11. The molecule has 0 aliphatic rings. The summed E-state index contributed by atoms with van der Waals surface area (Å²) in [7, 11) is 0. The van der Waals surface area contributed by atoms with E-state index in [1.165, 1.54) is 32.1 Å². The molecule has 2 rings (SSSR count). The number of aromatic amines is 1. The molecule has 0 aliphatic carbocycles. The van der Waals surface area contributed by atoms with Crippen LogP contribution in [0.15, 0.2) is 24.4 Å². The molecular weight excluding hydrogens is 300 g/mol. The van der Waals surface area contributed by atoms with Crippen LogP contribution in [0.3, 0.4) is 0 Å². The number of phenolic OH excluding ortho intramolecular Hbond substituents is 1. The Morgan fingerprint density at radius 2 is 1.88 bits per heavy atom. The first-order valence-corrected chi connectivity index (χ1v) is 9.26. The highest BCUT2D eigenvalue weighted by Crippen LogP contribution is 2.23. The van der Waals surface area contributed by atoms with Crippen molar-refractivity contribution in [2.24, 2.45) is 0 Å². The zero-order valence-electron chi connectivity index (χ0n) is 14.7. The highest BCUT2D eigenvalue weighted by atomic mass is 16.3. The highest BCUT2D eigenvalue weighted by Gasteiger charge is 2.06. The fourth-order valence-electron chi connectivity index (χ4n) is 3.04. The number of aromatic hydroxyl groups is 1. The minimum absolute atomic E-state index is 0.145. The number of aromatic nitrogens is 1. The number of unbranched alkanes of at least 4 members (excludes halogenated alkanes) is 6. The second-order valence-electron chi connectivity index (χ2n) is 6.52. The number of hydrogen-bond acceptors (Lipinski definition) is 2. The number of carbonyl (C=O) groups excluding carboxylic acids is 1. The van der Waals surface area contributed by atoms with E-state index in [4.69, 9.17) is 0 Å². The monoisotopic (exact) mass is 330 g/mol. The maximum atomic E-state index is 11.9. The fourth-order valence-corrected chi connectivity index (χ4v) is 3.04. The van der Waals surface area contributed by atoms with Crippen LogP contribution in [0.25, 0.3) is 10.9 Å². The molecule has 3 N–H and O–H groups in total. The molecule has 0 spiro atoms. The molecule has 0 unspecified atom stereocenters. The molecule has 1 aromatic carbocycles. The lowest BCUT2D eigenvalue weighted by Gasteiger charge is -2.05. The second kappa shape index (κ2) is 10.0. The van der Waals surface area contributed by atoms with Gasteiger partial charge in [0.2, 0.25) is 5.91 Å². The third-order valence-corrected chi connectivity index (χ3v) is 4.47. The van der Waals surface area contributed by atoms with Gasteiger partial charge in [-0.15, -0.1) is 0 Å². The van der Waals surface area contributed by atoms with Gasteiger partial charge in [-0.05, 0) is 36.6 Å². The molecule has 0 bridgehead atoms. The van der Waals surface area contributed by atoms with Crippen molar-refractivity contribution in [2.45, 2.75) is 64.7 Å². The van der Waals surface area contributed by atoms with Gasteiger partial charge in [0.15, 0.2) is 0 Å². The van der Waals surface area contributed by atoms with Crippen molar-refractivity contribution in [1.29, 1.82) is 0 Å². The minimum atomic E-state index is 0.145. The van der Waals surface area contributed by atoms with E-state index >= 15 is 0 Å². The number of benzene rings is 1. The van der Waals surface area contributed by atoms with E-state index < -0.39 is 0 Å². The van der Waals surface area contributed by atoms with Crippen LogP contribution in [0.2, 0.25) is 0 Å². The summed E-state index contributed by atoms with van der Waals surface area (Å²) in [4.78, 5) is 15.1. The maximum absolute atomic E-state index is 11.9. The normalized spacial score (nSPS) is 11.0. The molecule has 24 heavy (non-hydrogen) atoms. The summed E-state index contributed by atoms with van der Waals surface area (Å²) in [6.07, 6.45) is 11.9. The number of hydrogen-bond donors (Lipinski definition) is 3. The van der Waals surface area contributed by atoms with Gasteiger partial charge < -0.3 is 15.4 Å². The van der Waals surface area contributed by atoms with Crippen molar-refractivity contribution in [1.82, 2.24) is 10.3 Å². The first-order valence-electron chi connectivity index (χ1n) is 9.26. The van der Waals surface area contributed by atoms with Crippen molar-refractivity contribution in [3.63, 3.8) is 0 Å². The lowest BCUT2D eigenvalue weighted by Crippen LogP contribution is -2.25. The quantitative estimate of drug-likeness (QED) is 0.524. The zero-order chi connectivity index (χ0) is 17.2. The van der Waals surface area contributed by atoms with E-state index in [0.717, 1.165) is 35.7 Å². The molecule has 2 aromatic rings. The Hall–Kier alpha value is -1.97. The molecule has 0 saturated carbocycles. The van der Waals surface area contributed by atoms with Gasteiger partial charge in [-0.2, -0.15) is 0 Å². The third kappa shape index (κ3) is 5.91. The number of nitrogens with one attached hydrogen (secondary N) is 2. The SMILES string of the molecule is CCCCCCCCCC(=O)NCCc1c[nH]c2ccc(O)cc12. The van der Waals surface area contributed by atoms with E-state index in [0.29, 0.717) is 13.0 Å². The average Bonchev–Trinajstić information content (AvgIpc) is 2.96. The molecule has 4 nitrogen and oxygen atoms in total. The largest absolute Gasteiger partial charge is 0.508 e. The van der Waals surface area contributed by atoms with Crippen molar-refractivity contribution in [3.8, 4) is 5.75 Å². The molecule has 1 amide bonds. The minimum Gasteiger partial charge on any atom is -0.508 e. The molecule has 132 valence electrons. The van der Waals surface area contributed by atoms with E-state index in [2.05, 4.69) is 17.2 Å². The molecule has 1 heterocycles. The van der Waals surface area contributed by atoms with Gasteiger partial charge in [-0.1, -0.05) is 45.4 Å². The molecular formula is C20H30N2O2. The van der Waals surface area contributed by atoms with Crippen LogP contribution in [0, 0.1) is 0 Å². The summed E-state index contributed by atoms with van der Waals surface area (Å²) in [6, 6.07) is 5.31. The number of carbonyl (C=O) groups is 1. The molecule has 4 heteroatoms. The van der Waals surface area contributed by atoms with Crippen molar-refractivity contribution < 1.29 is 9.90 Å². The van der Waals surface area contributed by atoms with Gasteiger partial charge in [-0.3, -0.25) is 4.79 Å². The Morgan fingerprint density at radius 1 is 1.12 bits per heavy atom. The van der Waals surface area contributed by atoms with Crippen LogP contribution < -0.4 is 5.32 Å². The molecule has 1 aromatic heterocycles. The van der Waals surface area contributed by atoms with Gasteiger partial charge in [0.25, 0.3) is 0 Å². The summed E-state index contributed by atoms with van der Waals surface area (Å²) < 4.78 is 0. The Kier molecular flexibility index (Phi) is 7.66. The molecule has 0 saturated heterocycles. The van der Waals surface area contributed by atoms with Gasteiger partial charge in [0.05, 0.1) is 0 Å². The van der Waals surface area contributed by atoms with Crippen LogP contribution in [0.1, 0.15) is 63.9 Å². The van der Waals surface area contributed by atoms with Gasteiger partial charge >= 0.3 is 0 Å². The predicted octanol–water partition coefficient (Wildman–Crippen LogP) is 4.67. The highest BCUT2D eigenvalue weighted by molar-refractivity contribution is 5.84. The van der Waals surface area contributed by atoms with E-state index in [9.17, 15) is 9.90 Å². The first kappa shape index (κ1) is 18.4. The molecule has 0 radical (unpaired) electrons. The van der Waals surface area contributed by atoms with Crippen LogP contribution in [-0.4, -0.2) is 22.5 Å². The number of H-pyrrole nitrogens is 1. The van der Waals surface area contributed by atoms with Gasteiger partial charge in [0, 0.05) is 30.1 Å². The van der Waals surface area contributed by atoms with Gasteiger partial charge in [0.1, 0.15) is 5.75 Å². The first-order chi connectivity index (χ1) is 11.7. The molecule has 0 fully saturated rings. The maximum Gasteiger partial charge on any atom is 0.220 e. The van der Waals surface area contributed by atoms with Crippen molar-refractivity contribution in [3.05, 3.63) is 30.0 Å². The summed E-state index contributed by atoms with van der Waals surface area (Å²) in [5, 5.41) is 13.6. The number of phenols is 1. The van der Waals surface area contributed by atoms with Crippen molar-refractivity contribution in [2.75, 3.05) is 6.54 Å². The summed E-state index contributed by atoms with van der Waals surface area (Å²) in [6.45, 7) is 2.86. The lowest BCUT2D eigenvalue weighted by molar-refractivity contribution is -0.121.